The van der Waals surface area contributed by atoms with E-state index in [1.165, 1.54) is 0 Å². The Labute approximate surface area is 116 Å². The van der Waals surface area contributed by atoms with Gasteiger partial charge < -0.3 is 10.0 Å². The lowest BCUT2D eigenvalue weighted by molar-refractivity contribution is -0.140. The molecule has 1 heterocycles. The molecule has 106 valence electrons. The number of aliphatic carboxylic acids is 1. The fourth-order valence-corrected chi connectivity index (χ4v) is 1.84. The minimum atomic E-state index is -0.841. The fraction of sp³-hybridized carbons (Fsp3) is 0.385. The van der Waals surface area contributed by atoms with E-state index in [0.717, 1.165) is 11.3 Å². The minimum Gasteiger partial charge on any atom is -0.481 e. The highest BCUT2D eigenvalue weighted by molar-refractivity contribution is 5.70. The van der Waals surface area contributed by atoms with Gasteiger partial charge in [0.05, 0.1) is 11.6 Å². The Balaban J connectivity index is 2.24. The molecule has 1 aromatic heterocycles. The lowest BCUT2D eigenvalue weighted by atomic mass is 10.2. The van der Waals surface area contributed by atoms with Crippen molar-refractivity contribution in [1.29, 1.82) is 0 Å². The standard InChI is InChI=1S/C13H17N5O2/c1-9-4-6-11(7-5-9)18-13(14-15-16-18)17(3)8-10(2)12(19)20/h4-7,10H,8H2,1-3H3,(H,19,20). The van der Waals surface area contributed by atoms with Crippen LogP contribution in [0.5, 0.6) is 0 Å². The number of tetrazole rings is 1. The Hall–Kier alpha value is -2.44. The molecule has 0 aliphatic carbocycles. The van der Waals surface area contributed by atoms with E-state index >= 15 is 0 Å². The monoisotopic (exact) mass is 275 g/mol. The van der Waals surface area contributed by atoms with Crippen molar-refractivity contribution in [3.05, 3.63) is 29.8 Å². The summed E-state index contributed by atoms with van der Waals surface area (Å²) >= 11 is 0. The van der Waals surface area contributed by atoms with Gasteiger partial charge in [0.15, 0.2) is 0 Å². The van der Waals surface area contributed by atoms with Gasteiger partial charge in [-0.05, 0) is 29.5 Å². The summed E-state index contributed by atoms with van der Waals surface area (Å²) in [5.74, 6) is -0.823. The lowest BCUT2D eigenvalue weighted by Gasteiger charge is -2.19. The number of carboxylic acid groups (broad SMARTS) is 1. The van der Waals surface area contributed by atoms with Gasteiger partial charge >= 0.3 is 5.97 Å². The van der Waals surface area contributed by atoms with E-state index in [2.05, 4.69) is 15.5 Å². The summed E-state index contributed by atoms with van der Waals surface area (Å²) in [5.41, 5.74) is 1.99. The second kappa shape index (κ2) is 5.68. The molecule has 0 spiro atoms. The molecule has 7 nitrogen and oxygen atoms in total. The fourth-order valence-electron chi connectivity index (χ4n) is 1.84. The maximum absolute atomic E-state index is 10.9. The van der Waals surface area contributed by atoms with E-state index < -0.39 is 11.9 Å². The van der Waals surface area contributed by atoms with Crippen LogP contribution in [-0.2, 0) is 4.79 Å². The van der Waals surface area contributed by atoms with Crippen LogP contribution in [0.4, 0.5) is 5.95 Å². The number of nitrogens with zero attached hydrogens (tertiary/aromatic N) is 5. The Morgan fingerprint density at radius 2 is 2.05 bits per heavy atom. The van der Waals surface area contributed by atoms with Crippen molar-refractivity contribution in [2.75, 3.05) is 18.5 Å². The van der Waals surface area contributed by atoms with Crippen LogP contribution in [0.3, 0.4) is 0 Å². The van der Waals surface area contributed by atoms with Gasteiger partial charge in [-0.1, -0.05) is 29.7 Å². The van der Waals surface area contributed by atoms with Crippen LogP contribution in [0.15, 0.2) is 24.3 Å². The van der Waals surface area contributed by atoms with Gasteiger partial charge in [0.2, 0.25) is 5.95 Å². The highest BCUT2D eigenvalue weighted by Crippen LogP contribution is 2.16. The van der Waals surface area contributed by atoms with Crippen molar-refractivity contribution in [1.82, 2.24) is 20.2 Å². The van der Waals surface area contributed by atoms with Crippen LogP contribution in [0.25, 0.3) is 5.69 Å². The Bertz CT molecular complexity index is 593. The van der Waals surface area contributed by atoms with Crippen molar-refractivity contribution in [3.63, 3.8) is 0 Å². The molecule has 0 saturated carbocycles. The molecule has 0 fully saturated rings. The van der Waals surface area contributed by atoms with Gasteiger partial charge in [-0.25, -0.2) is 0 Å². The maximum atomic E-state index is 10.9. The molecule has 1 atom stereocenters. The lowest BCUT2D eigenvalue weighted by Crippen LogP contribution is -2.30. The smallest absolute Gasteiger partial charge is 0.308 e. The molecular formula is C13H17N5O2. The molecule has 20 heavy (non-hydrogen) atoms. The first-order chi connectivity index (χ1) is 9.49. The predicted octanol–water partition coefficient (Wildman–Crippen LogP) is 1.13. The number of anilines is 1. The van der Waals surface area contributed by atoms with E-state index in [0.29, 0.717) is 12.5 Å². The second-order valence-electron chi connectivity index (χ2n) is 4.85. The first-order valence-corrected chi connectivity index (χ1v) is 6.28. The number of carboxylic acids is 1. The normalized spacial score (nSPS) is 12.2. The average Bonchev–Trinajstić information content (AvgIpc) is 2.88. The van der Waals surface area contributed by atoms with Crippen LogP contribution in [0, 0.1) is 12.8 Å². The van der Waals surface area contributed by atoms with Crippen molar-refractivity contribution >= 4 is 11.9 Å². The van der Waals surface area contributed by atoms with Gasteiger partial charge in [0, 0.05) is 13.6 Å². The molecular weight excluding hydrogens is 258 g/mol. The highest BCUT2D eigenvalue weighted by Gasteiger charge is 2.18. The van der Waals surface area contributed by atoms with E-state index in [9.17, 15) is 4.79 Å². The number of hydrogen-bond acceptors (Lipinski definition) is 5. The van der Waals surface area contributed by atoms with Crippen molar-refractivity contribution in [2.24, 2.45) is 5.92 Å². The highest BCUT2D eigenvalue weighted by atomic mass is 16.4. The summed E-state index contributed by atoms with van der Waals surface area (Å²) < 4.78 is 1.59. The van der Waals surface area contributed by atoms with Crippen molar-refractivity contribution in [2.45, 2.75) is 13.8 Å². The van der Waals surface area contributed by atoms with Crippen LogP contribution in [0.1, 0.15) is 12.5 Å². The molecule has 0 radical (unpaired) electrons. The van der Waals surface area contributed by atoms with Gasteiger partial charge in [0.1, 0.15) is 0 Å². The van der Waals surface area contributed by atoms with Gasteiger partial charge in [-0.2, -0.15) is 4.68 Å². The van der Waals surface area contributed by atoms with Crippen molar-refractivity contribution in [3.8, 4) is 5.69 Å². The molecule has 0 aliphatic rings. The Morgan fingerprint density at radius 3 is 2.65 bits per heavy atom. The first-order valence-electron chi connectivity index (χ1n) is 6.28. The van der Waals surface area contributed by atoms with Gasteiger partial charge in [-0.3, -0.25) is 4.79 Å². The molecule has 0 saturated heterocycles. The summed E-state index contributed by atoms with van der Waals surface area (Å²) in [6, 6.07) is 7.79. The first kappa shape index (κ1) is 14.0. The molecule has 0 amide bonds. The molecule has 7 heteroatoms. The third kappa shape index (κ3) is 2.93. The number of aryl methyl sites for hydroxylation is 1. The molecule has 1 aromatic carbocycles. The van der Waals surface area contributed by atoms with Crippen LogP contribution in [0.2, 0.25) is 0 Å². The zero-order valence-electron chi connectivity index (χ0n) is 11.7. The molecule has 1 N–H and O–H groups in total. The van der Waals surface area contributed by atoms with Crippen LogP contribution < -0.4 is 4.90 Å². The topological polar surface area (TPSA) is 84.1 Å². The second-order valence-corrected chi connectivity index (χ2v) is 4.85. The summed E-state index contributed by atoms with van der Waals surface area (Å²) in [6.07, 6.45) is 0. The van der Waals surface area contributed by atoms with Crippen molar-refractivity contribution < 1.29 is 9.90 Å². The van der Waals surface area contributed by atoms with E-state index in [1.54, 1.807) is 23.6 Å². The molecule has 0 aliphatic heterocycles. The maximum Gasteiger partial charge on any atom is 0.308 e. The number of aromatic nitrogens is 4. The van der Waals surface area contributed by atoms with E-state index in [4.69, 9.17) is 5.11 Å². The van der Waals surface area contributed by atoms with Gasteiger partial charge in [0.25, 0.3) is 0 Å². The van der Waals surface area contributed by atoms with E-state index in [-0.39, 0.29) is 0 Å². The largest absolute Gasteiger partial charge is 0.481 e. The zero-order chi connectivity index (χ0) is 14.7. The zero-order valence-corrected chi connectivity index (χ0v) is 11.7. The number of rotatable bonds is 5. The molecule has 2 aromatic rings. The quantitative estimate of drug-likeness (QED) is 0.880. The average molecular weight is 275 g/mol. The molecule has 0 bridgehead atoms. The Kier molecular flexibility index (Phi) is 3.97. The van der Waals surface area contributed by atoms with E-state index in [1.807, 2.05) is 31.2 Å². The molecule has 1 unspecified atom stereocenters. The minimum absolute atomic E-state index is 0.335. The number of hydrogen-bond donors (Lipinski definition) is 1. The van der Waals surface area contributed by atoms with Crippen LogP contribution in [-0.4, -0.2) is 44.9 Å². The third-order valence-corrected chi connectivity index (χ3v) is 3.04. The van der Waals surface area contributed by atoms with Gasteiger partial charge in [-0.15, -0.1) is 0 Å². The number of benzene rings is 1. The number of carbonyl (C=O) groups is 1. The third-order valence-electron chi connectivity index (χ3n) is 3.04. The summed E-state index contributed by atoms with van der Waals surface area (Å²) in [5, 5.41) is 20.5. The summed E-state index contributed by atoms with van der Waals surface area (Å²) in [6.45, 7) is 3.99. The SMILES string of the molecule is Cc1ccc(-n2nnnc2N(C)CC(C)C(=O)O)cc1. The molecule has 2 rings (SSSR count). The summed E-state index contributed by atoms with van der Waals surface area (Å²) in [4.78, 5) is 12.6. The Morgan fingerprint density at radius 1 is 1.40 bits per heavy atom. The summed E-state index contributed by atoms with van der Waals surface area (Å²) in [7, 11) is 1.77. The van der Waals surface area contributed by atoms with Crippen LogP contribution >= 0.6 is 0 Å². The predicted molar refractivity (Wildman–Crippen MR) is 74.0 cm³/mol.